The Hall–Kier alpha value is -1.41. The van der Waals surface area contributed by atoms with Crippen LogP contribution in [0.2, 0.25) is 0 Å². The van der Waals surface area contributed by atoms with E-state index in [0.717, 1.165) is 26.2 Å². The van der Waals surface area contributed by atoms with Crippen LogP contribution in [0.25, 0.3) is 0 Å². The van der Waals surface area contributed by atoms with Gasteiger partial charge in [0.2, 0.25) is 0 Å². The highest BCUT2D eigenvalue weighted by molar-refractivity contribution is 5.72. The van der Waals surface area contributed by atoms with Crippen molar-refractivity contribution in [2.75, 3.05) is 33.2 Å². The minimum Gasteiger partial charge on any atom is -0.368 e. The van der Waals surface area contributed by atoms with Gasteiger partial charge in [0.05, 0.1) is 5.92 Å². The van der Waals surface area contributed by atoms with Gasteiger partial charge in [0.25, 0.3) is 5.09 Å². The molecule has 1 saturated heterocycles. The molecule has 0 aromatic rings. The molecule has 0 unspecified atom stereocenters. The van der Waals surface area contributed by atoms with E-state index in [2.05, 4.69) is 9.74 Å². The van der Waals surface area contributed by atoms with E-state index >= 15 is 0 Å². The molecule has 2 rings (SSSR count). The number of nitrogens with zero attached hydrogens (tertiary/aromatic N) is 3. The molecule has 0 aromatic heterocycles. The summed E-state index contributed by atoms with van der Waals surface area (Å²) in [5, 5.41) is 11.2. The molecule has 0 atom stereocenters. The quantitative estimate of drug-likeness (QED) is 0.548. The summed E-state index contributed by atoms with van der Waals surface area (Å²) in [6.07, 6.45) is 1.86. The van der Waals surface area contributed by atoms with E-state index in [1.807, 2.05) is 7.05 Å². The highest BCUT2D eigenvalue weighted by Crippen LogP contribution is 2.27. The predicted molar refractivity (Wildman–Crippen MR) is 69.0 cm³/mol. The Morgan fingerprint density at radius 2 is 1.75 bits per heavy atom. The van der Waals surface area contributed by atoms with Crippen LogP contribution >= 0.6 is 0 Å². The van der Waals surface area contributed by atoms with Crippen LogP contribution in [0.5, 0.6) is 0 Å². The van der Waals surface area contributed by atoms with Crippen molar-refractivity contribution < 1.29 is 19.6 Å². The Kier molecular flexibility index (Phi) is 5.13. The summed E-state index contributed by atoms with van der Waals surface area (Å²) in [7, 11) is 2.04. The minimum atomic E-state index is -0.756. The SMILES string of the molecule is CN1CCN(OC(=O)C2CCC(O[N+](=O)[O-])CC2)CC1. The molecule has 1 saturated carbocycles. The summed E-state index contributed by atoms with van der Waals surface area (Å²) in [5.74, 6) is -0.379. The Labute approximate surface area is 117 Å². The first-order chi connectivity index (χ1) is 9.54. The Morgan fingerprint density at radius 1 is 1.15 bits per heavy atom. The lowest BCUT2D eigenvalue weighted by atomic mass is 9.87. The summed E-state index contributed by atoms with van der Waals surface area (Å²) in [6.45, 7) is 3.22. The van der Waals surface area contributed by atoms with E-state index < -0.39 is 5.09 Å². The molecule has 0 amide bonds. The smallest absolute Gasteiger partial charge is 0.328 e. The van der Waals surface area contributed by atoms with Gasteiger partial charge in [0.1, 0.15) is 6.10 Å². The van der Waals surface area contributed by atoms with Crippen molar-refractivity contribution >= 4 is 5.97 Å². The fraction of sp³-hybridized carbons (Fsp3) is 0.917. The summed E-state index contributed by atoms with van der Waals surface area (Å²) >= 11 is 0. The van der Waals surface area contributed by atoms with Crippen LogP contribution in [0.4, 0.5) is 0 Å². The number of piperazine rings is 1. The van der Waals surface area contributed by atoms with Crippen LogP contribution in [0, 0.1) is 16.0 Å². The van der Waals surface area contributed by atoms with Crippen molar-refractivity contribution in [1.29, 1.82) is 0 Å². The van der Waals surface area contributed by atoms with Gasteiger partial charge in [-0.2, -0.15) is 0 Å². The summed E-state index contributed by atoms with van der Waals surface area (Å²) in [4.78, 5) is 34.4. The van der Waals surface area contributed by atoms with Crippen LogP contribution in [0.3, 0.4) is 0 Å². The highest BCUT2D eigenvalue weighted by Gasteiger charge is 2.30. The highest BCUT2D eigenvalue weighted by atomic mass is 17.0. The normalized spacial score (nSPS) is 28.9. The molecule has 20 heavy (non-hydrogen) atoms. The van der Waals surface area contributed by atoms with Crippen molar-refractivity contribution in [1.82, 2.24) is 9.96 Å². The third-order valence-corrected chi connectivity index (χ3v) is 3.92. The predicted octanol–water partition coefficient (Wildman–Crippen LogP) is 0.459. The Balaban J connectivity index is 1.70. The van der Waals surface area contributed by atoms with E-state index in [0.29, 0.717) is 25.7 Å². The minimum absolute atomic E-state index is 0.165. The van der Waals surface area contributed by atoms with Gasteiger partial charge in [-0.05, 0) is 32.7 Å². The monoisotopic (exact) mass is 287 g/mol. The number of rotatable bonds is 4. The molecule has 0 radical (unpaired) electrons. The van der Waals surface area contributed by atoms with Crippen LogP contribution in [0.1, 0.15) is 25.7 Å². The molecular weight excluding hydrogens is 266 g/mol. The van der Waals surface area contributed by atoms with Crippen LogP contribution in [-0.2, 0) is 14.5 Å². The second-order valence-corrected chi connectivity index (χ2v) is 5.45. The fourth-order valence-corrected chi connectivity index (χ4v) is 2.61. The average Bonchev–Trinajstić information content (AvgIpc) is 2.41. The first-order valence-electron chi connectivity index (χ1n) is 7.01. The van der Waals surface area contributed by atoms with E-state index in [1.54, 1.807) is 5.06 Å². The van der Waals surface area contributed by atoms with Gasteiger partial charge in [0, 0.05) is 26.2 Å². The van der Waals surface area contributed by atoms with Crippen molar-refractivity contribution in [3.8, 4) is 0 Å². The molecule has 1 aliphatic heterocycles. The largest absolute Gasteiger partial charge is 0.368 e. The Bertz CT molecular complexity index is 349. The zero-order valence-corrected chi connectivity index (χ0v) is 11.7. The first-order valence-corrected chi connectivity index (χ1v) is 7.01. The van der Waals surface area contributed by atoms with Gasteiger partial charge in [-0.25, -0.2) is 0 Å². The number of carbonyl (C=O) groups excluding carboxylic acids is 1. The number of hydrogen-bond donors (Lipinski definition) is 0. The van der Waals surface area contributed by atoms with Crippen molar-refractivity contribution in [2.24, 2.45) is 5.92 Å². The standard InChI is InChI=1S/C12H21N3O5/c1-13-6-8-14(9-7-13)20-12(16)10-2-4-11(5-3-10)19-15(17)18/h10-11H,2-9H2,1H3. The molecule has 0 aromatic carbocycles. The molecule has 1 aliphatic carbocycles. The maximum absolute atomic E-state index is 12.0. The van der Waals surface area contributed by atoms with E-state index in [-0.39, 0.29) is 18.0 Å². The molecule has 114 valence electrons. The van der Waals surface area contributed by atoms with Gasteiger partial charge >= 0.3 is 5.97 Å². The molecule has 1 heterocycles. The lowest BCUT2D eigenvalue weighted by Gasteiger charge is -2.32. The summed E-state index contributed by atoms with van der Waals surface area (Å²) in [5.41, 5.74) is 0. The van der Waals surface area contributed by atoms with Crippen LogP contribution in [-0.4, -0.2) is 60.3 Å². The topological polar surface area (TPSA) is 85.2 Å². The van der Waals surface area contributed by atoms with Gasteiger partial charge < -0.3 is 14.6 Å². The molecule has 0 bridgehead atoms. The number of likely N-dealkylation sites (N-methyl/N-ethyl adjacent to an activating group) is 1. The van der Waals surface area contributed by atoms with E-state index in [1.165, 1.54) is 0 Å². The number of carbonyl (C=O) groups is 1. The van der Waals surface area contributed by atoms with E-state index in [4.69, 9.17) is 4.84 Å². The van der Waals surface area contributed by atoms with Gasteiger partial charge in [0.15, 0.2) is 0 Å². The molecule has 0 spiro atoms. The van der Waals surface area contributed by atoms with Gasteiger partial charge in [-0.1, -0.05) is 0 Å². The second-order valence-electron chi connectivity index (χ2n) is 5.45. The third-order valence-electron chi connectivity index (χ3n) is 3.92. The number of hydroxylamine groups is 2. The molecule has 0 N–H and O–H groups in total. The zero-order chi connectivity index (χ0) is 14.5. The maximum atomic E-state index is 12.0. The molecule has 8 heteroatoms. The molecular formula is C12H21N3O5. The lowest BCUT2D eigenvalue weighted by Crippen LogP contribution is -2.46. The second kappa shape index (κ2) is 6.85. The molecule has 2 aliphatic rings. The first kappa shape index (κ1) is 15.0. The van der Waals surface area contributed by atoms with Crippen molar-refractivity contribution in [2.45, 2.75) is 31.8 Å². The Morgan fingerprint density at radius 3 is 2.30 bits per heavy atom. The van der Waals surface area contributed by atoms with Gasteiger partial charge in [-0.15, -0.1) is 15.2 Å². The summed E-state index contributed by atoms with van der Waals surface area (Å²) < 4.78 is 0. The molecule has 8 nitrogen and oxygen atoms in total. The third kappa shape index (κ3) is 4.31. The van der Waals surface area contributed by atoms with Gasteiger partial charge in [-0.3, -0.25) is 4.79 Å². The zero-order valence-electron chi connectivity index (χ0n) is 11.7. The van der Waals surface area contributed by atoms with Crippen LogP contribution in [0.15, 0.2) is 0 Å². The van der Waals surface area contributed by atoms with E-state index in [9.17, 15) is 14.9 Å². The van der Waals surface area contributed by atoms with Crippen molar-refractivity contribution in [3.63, 3.8) is 0 Å². The van der Waals surface area contributed by atoms with Crippen LogP contribution < -0.4 is 0 Å². The fourth-order valence-electron chi connectivity index (χ4n) is 2.61. The average molecular weight is 287 g/mol. The summed E-state index contributed by atoms with van der Waals surface area (Å²) in [6, 6.07) is 0. The number of hydrogen-bond acceptors (Lipinski definition) is 7. The lowest BCUT2D eigenvalue weighted by molar-refractivity contribution is -0.769. The maximum Gasteiger partial charge on any atom is 0.328 e. The van der Waals surface area contributed by atoms with Crippen molar-refractivity contribution in [3.05, 3.63) is 10.1 Å². The molecule has 2 fully saturated rings.